The van der Waals surface area contributed by atoms with E-state index in [1.807, 2.05) is 13.8 Å². The lowest BCUT2D eigenvalue weighted by Gasteiger charge is -2.14. The standard InChI is InChI=1S/C42H30S.C2H6/c1-28-35(17-4-2-11-29-12-3-7-22-42(29)43-28)34-16-9-15-32(26-34)30-13-8-14-31(25-30)33-23-24-40-38-21-10-20-37(38)36-18-5-6-19-39(36)41(40)27-33;1-2/h2-10,12-20,22-27H,1,11,21H2;1-2H3/b4-2-,35-17+;. The van der Waals surface area contributed by atoms with Gasteiger partial charge in [0, 0.05) is 9.80 Å². The minimum Gasteiger partial charge on any atom is -0.0898 e. The van der Waals surface area contributed by atoms with Gasteiger partial charge in [0.1, 0.15) is 0 Å². The molecule has 0 saturated heterocycles. The number of allylic oxidation sites excluding steroid dienone is 5. The van der Waals surface area contributed by atoms with Crippen molar-refractivity contribution >= 4 is 45.0 Å². The van der Waals surface area contributed by atoms with E-state index >= 15 is 0 Å². The SMILES string of the molecule is C=C1Sc2ccccc2C/C=C\C=C/1c1cccc(-c2cccc(-c3ccc4c5c(c6ccccc6c4c3)C=CC5)c2)c1.CC. The minimum absolute atomic E-state index is 0.928. The van der Waals surface area contributed by atoms with Crippen LogP contribution >= 0.6 is 11.8 Å². The van der Waals surface area contributed by atoms with Crippen LogP contribution in [-0.4, -0.2) is 0 Å². The maximum atomic E-state index is 4.50. The summed E-state index contributed by atoms with van der Waals surface area (Å²) in [6.07, 6.45) is 13.1. The zero-order chi connectivity index (χ0) is 30.8. The molecule has 0 N–H and O–H groups in total. The van der Waals surface area contributed by atoms with E-state index in [1.165, 1.54) is 76.5 Å². The van der Waals surface area contributed by atoms with Crippen LogP contribution in [0.25, 0.3) is 55.4 Å². The van der Waals surface area contributed by atoms with E-state index in [0.29, 0.717) is 0 Å². The Bertz CT molecular complexity index is 2170. The van der Waals surface area contributed by atoms with Gasteiger partial charge in [-0.2, -0.15) is 0 Å². The summed E-state index contributed by atoms with van der Waals surface area (Å²) < 4.78 is 0. The Morgan fingerprint density at radius 1 is 0.556 bits per heavy atom. The first kappa shape index (κ1) is 28.9. The smallest absolute Gasteiger partial charge is 0.0157 e. The Morgan fingerprint density at radius 2 is 1.22 bits per heavy atom. The summed E-state index contributed by atoms with van der Waals surface area (Å²) in [6.45, 7) is 8.50. The summed E-state index contributed by atoms with van der Waals surface area (Å²) in [5.41, 5.74) is 11.4. The number of hydrogen-bond donors (Lipinski definition) is 0. The second-order valence-electron chi connectivity index (χ2n) is 11.3. The first-order valence-electron chi connectivity index (χ1n) is 15.9. The van der Waals surface area contributed by atoms with Crippen LogP contribution in [0.5, 0.6) is 0 Å². The molecule has 1 aliphatic heterocycles. The van der Waals surface area contributed by atoms with E-state index < -0.39 is 0 Å². The van der Waals surface area contributed by atoms with Gasteiger partial charge in [-0.3, -0.25) is 0 Å². The maximum absolute atomic E-state index is 4.50. The van der Waals surface area contributed by atoms with E-state index in [0.717, 1.165) is 17.7 Å². The monoisotopic (exact) mass is 596 g/mol. The van der Waals surface area contributed by atoms with Crippen molar-refractivity contribution in [3.63, 3.8) is 0 Å². The average Bonchev–Trinajstić information content (AvgIpc) is 3.62. The Hall–Kier alpha value is -4.85. The Morgan fingerprint density at radius 3 is 2.02 bits per heavy atom. The molecule has 218 valence electrons. The average molecular weight is 597 g/mol. The molecule has 45 heavy (non-hydrogen) atoms. The Labute approximate surface area is 271 Å². The van der Waals surface area contributed by atoms with E-state index in [1.54, 1.807) is 11.8 Å². The Kier molecular flexibility index (Phi) is 8.11. The summed E-state index contributed by atoms with van der Waals surface area (Å²) in [5, 5.41) is 5.37. The minimum atomic E-state index is 0.928. The largest absolute Gasteiger partial charge is 0.0898 e. The van der Waals surface area contributed by atoms with Gasteiger partial charge in [-0.05, 0) is 109 Å². The van der Waals surface area contributed by atoms with Crippen LogP contribution in [0, 0.1) is 0 Å². The van der Waals surface area contributed by atoms with Gasteiger partial charge in [0.05, 0.1) is 0 Å². The highest BCUT2D eigenvalue weighted by Gasteiger charge is 2.16. The zero-order valence-corrected chi connectivity index (χ0v) is 26.7. The topological polar surface area (TPSA) is 0 Å². The van der Waals surface area contributed by atoms with Crippen molar-refractivity contribution in [3.05, 3.63) is 173 Å². The fraction of sp³-hybridized carbons (Fsp3) is 0.0909. The number of fused-ring (bicyclic) bond motifs is 7. The molecule has 0 bridgehead atoms. The summed E-state index contributed by atoms with van der Waals surface area (Å²) in [7, 11) is 0. The summed E-state index contributed by atoms with van der Waals surface area (Å²) in [4.78, 5) is 2.34. The molecule has 0 unspecified atom stereocenters. The van der Waals surface area contributed by atoms with Gasteiger partial charge < -0.3 is 0 Å². The van der Waals surface area contributed by atoms with Gasteiger partial charge in [-0.1, -0.05) is 154 Å². The molecule has 0 aromatic heterocycles. The summed E-state index contributed by atoms with van der Waals surface area (Å²) in [6, 6.07) is 42.3. The quantitative estimate of drug-likeness (QED) is 0.183. The zero-order valence-electron chi connectivity index (χ0n) is 25.9. The second-order valence-corrected chi connectivity index (χ2v) is 12.4. The fourth-order valence-electron chi connectivity index (χ4n) is 6.59. The molecule has 0 spiro atoms. The molecule has 6 aromatic rings. The lowest BCUT2D eigenvalue weighted by molar-refractivity contribution is 1.18. The molecule has 0 radical (unpaired) electrons. The molecule has 0 fully saturated rings. The van der Waals surface area contributed by atoms with E-state index in [9.17, 15) is 0 Å². The summed E-state index contributed by atoms with van der Waals surface area (Å²) in [5.74, 6) is 0. The van der Waals surface area contributed by atoms with Crippen molar-refractivity contribution in [2.75, 3.05) is 0 Å². The highest BCUT2D eigenvalue weighted by Crippen LogP contribution is 2.41. The summed E-state index contributed by atoms with van der Waals surface area (Å²) >= 11 is 1.77. The van der Waals surface area contributed by atoms with Crippen molar-refractivity contribution in [1.82, 2.24) is 0 Å². The van der Waals surface area contributed by atoms with Gasteiger partial charge in [0.25, 0.3) is 0 Å². The molecule has 2 aliphatic rings. The Balaban J connectivity index is 0.00000160. The van der Waals surface area contributed by atoms with Crippen LogP contribution in [0.1, 0.15) is 36.1 Å². The van der Waals surface area contributed by atoms with Crippen LogP contribution < -0.4 is 0 Å². The highest BCUT2D eigenvalue weighted by molar-refractivity contribution is 8.03. The molecule has 8 rings (SSSR count). The first-order chi connectivity index (χ1) is 22.2. The molecule has 1 aliphatic carbocycles. The van der Waals surface area contributed by atoms with Gasteiger partial charge in [0.15, 0.2) is 0 Å². The second kappa shape index (κ2) is 12.6. The molecule has 0 nitrogen and oxygen atoms in total. The van der Waals surface area contributed by atoms with Gasteiger partial charge in [-0.15, -0.1) is 0 Å². The first-order valence-corrected chi connectivity index (χ1v) is 16.7. The van der Waals surface area contributed by atoms with Crippen LogP contribution in [0.2, 0.25) is 0 Å². The van der Waals surface area contributed by atoms with Crippen LogP contribution in [0.4, 0.5) is 0 Å². The van der Waals surface area contributed by atoms with E-state index in [4.69, 9.17) is 0 Å². The van der Waals surface area contributed by atoms with Crippen LogP contribution in [-0.2, 0) is 12.8 Å². The third kappa shape index (κ3) is 5.50. The third-order valence-corrected chi connectivity index (χ3v) is 9.81. The predicted molar refractivity (Wildman–Crippen MR) is 199 cm³/mol. The number of benzene rings is 6. The molecule has 1 heteroatoms. The lowest BCUT2D eigenvalue weighted by atomic mass is 9.90. The molecule has 0 saturated carbocycles. The molecular formula is C44H36S. The van der Waals surface area contributed by atoms with Crippen molar-refractivity contribution in [3.8, 4) is 22.3 Å². The normalized spacial score (nSPS) is 15.6. The van der Waals surface area contributed by atoms with Crippen molar-refractivity contribution in [1.29, 1.82) is 0 Å². The predicted octanol–water partition coefficient (Wildman–Crippen LogP) is 12.7. The van der Waals surface area contributed by atoms with Gasteiger partial charge >= 0.3 is 0 Å². The van der Waals surface area contributed by atoms with Crippen molar-refractivity contribution in [2.45, 2.75) is 31.6 Å². The lowest BCUT2D eigenvalue weighted by Crippen LogP contribution is -1.90. The number of rotatable bonds is 3. The van der Waals surface area contributed by atoms with Crippen molar-refractivity contribution in [2.24, 2.45) is 0 Å². The van der Waals surface area contributed by atoms with Crippen LogP contribution in [0.3, 0.4) is 0 Å². The van der Waals surface area contributed by atoms with E-state index in [2.05, 4.69) is 152 Å². The van der Waals surface area contributed by atoms with Crippen molar-refractivity contribution < 1.29 is 0 Å². The van der Waals surface area contributed by atoms with Gasteiger partial charge in [-0.25, -0.2) is 0 Å². The third-order valence-electron chi connectivity index (χ3n) is 8.73. The van der Waals surface area contributed by atoms with Gasteiger partial charge in [0.2, 0.25) is 0 Å². The molecule has 0 atom stereocenters. The maximum Gasteiger partial charge on any atom is 0.0157 e. The number of hydrogen-bond acceptors (Lipinski definition) is 1. The molecule has 1 heterocycles. The molecule has 0 amide bonds. The number of thioether (sulfide) groups is 1. The highest BCUT2D eigenvalue weighted by atomic mass is 32.2. The molecular weight excluding hydrogens is 561 g/mol. The fourth-order valence-corrected chi connectivity index (χ4v) is 7.58. The molecule has 6 aromatic carbocycles. The van der Waals surface area contributed by atoms with E-state index in [-0.39, 0.29) is 0 Å². The van der Waals surface area contributed by atoms with Crippen LogP contribution in [0.15, 0.2) is 156 Å².